The van der Waals surface area contributed by atoms with Gasteiger partial charge in [-0.25, -0.2) is 22.6 Å². The Balaban J connectivity index is 1.21. The topological polar surface area (TPSA) is 204 Å². The lowest BCUT2D eigenvalue weighted by atomic mass is 10.0. The van der Waals surface area contributed by atoms with E-state index in [9.17, 15) is 27.7 Å². The molecule has 5 rings (SSSR count). The van der Waals surface area contributed by atoms with E-state index in [1.807, 2.05) is 13.8 Å². The Morgan fingerprint density at radius 2 is 1.67 bits per heavy atom. The third kappa shape index (κ3) is 13.9. The Morgan fingerprint density at radius 1 is 0.950 bits per heavy atom. The molecule has 1 amide bonds. The van der Waals surface area contributed by atoms with Crippen LogP contribution in [-0.4, -0.2) is 121 Å². The molecular formula is C41H55N2O15PS. The van der Waals surface area contributed by atoms with Gasteiger partial charge in [-0.1, -0.05) is 44.2 Å². The van der Waals surface area contributed by atoms with E-state index in [1.54, 1.807) is 73.7 Å². The second-order valence-corrected chi connectivity index (χ2v) is 18.4. The van der Waals surface area contributed by atoms with Gasteiger partial charge in [0, 0.05) is 13.1 Å². The molecule has 60 heavy (non-hydrogen) atoms. The molecule has 2 saturated heterocycles. The molecule has 0 radical (unpaired) electrons. The number of benzene rings is 3. The van der Waals surface area contributed by atoms with E-state index in [-0.39, 0.29) is 68.4 Å². The molecule has 3 aromatic carbocycles. The van der Waals surface area contributed by atoms with Crippen molar-refractivity contribution in [3.63, 3.8) is 0 Å². The van der Waals surface area contributed by atoms with Crippen LogP contribution in [0.5, 0.6) is 17.2 Å². The van der Waals surface area contributed by atoms with Crippen molar-refractivity contribution in [2.45, 2.75) is 63.0 Å². The molecule has 0 aliphatic carbocycles. The Bertz CT molecular complexity index is 1950. The molecule has 6 atom stereocenters. The van der Waals surface area contributed by atoms with Gasteiger partial charge in [0.05, 0.1) is 56.5 Å². The summed E-state index contributed by atoms with van der Waals surface area (Å²) in [6, 6.07) is 20.3. The van der Waals surface area contributed by atoms with Crippen LogP contribution in [0.1, 0.15) is 32.8 Å². The van der Waals surface area contributed by atoms with E-state index < -0.39 is 67.2 Å². The average molecular weight is 879 g/mol. The highest BCUT2D eigenvalue weighted by Crippen LogP contribution is 2.48. The number of amides is 1. The number of fused-ring (bicyclic) bond motifs is 1. The fourth-order valence-corrected chi connectivity index (χ4v) is 9.42. The first-order chi connectivity index (χ1) is 28.8. The lowest BCUT2D eigenvalue weighted by molar-refractivity contribution is -0.145. The highest BCUT2D eigenvalue weighted by Gasteiger charge is 2.44. The molecule has 17 nitrogen and oxygen atoms in total. The molecule has 2 N–H and O–H groups in total. The van der Waals surface area contributed by atoms with Crippen molar-refractivity contribution in [3.8, 4) is 17.2 Å². The normalized spacial score (nSPS) is 19.6. The van der Waals surface area contributed by atoms with Crippen LogP contribution in [0.15, 0.2) is 83.8 Å². The summed E-state index contributed by atoms with van der Waals surface area (Å²) in [5, 5.41) is 14.5. The Labute approximate surface area is 351 Å². The number of nitrogens with one attached hydrogen (secondary N) is 1. The summed E-state index contributed by atoms with van der Waals surface area (Å²) in [7, 11) is -6.49. The molecular weight excluding hydrogens is 823 g/mol. The Kier molecular flexibility index (Phi) is 17.6. The SMILES string of the molecule is CCOC(=O)COP(=O)(COCCOc1ccc(C[C@H](NC(=O)O[C@H]2CO[C@H]3OCC[C@H]32)[C@H](O)CN(CC(C)C)S(=O)(=O)c2ccc(OC)cc2)cc1)Oc1ccccc1. The largest absolute Gasteiger partial charge is 0.497 e. The van der Waals surface area contributed by atoms with Crippen molar-refractivity contribution in [2.24, 2.45) is 11.8 Å². The van der Waals surface area contributed by atoms with Gasteiger partial charge in [-0.05, 0) is 79.8 Å². The molecule has 0 aromatic heterocycles. The van der Waals surface area contributed by atoms with Gasteiger partial charge in [-0.2, -0.15) is 4.31 Å². The number of ether oxygens (including phenoxy) is 7. The van der Waals surface area contributed by atoms with Gasteiger partial charge in [0.15, 0.2) is 19.2 Å². The number of para-hydroxylation sites is 1. The van der Waals surface area contributed by atoms with Gasteiger partial charge in [0.25, 0.3) is 0 Å². The summed E-state index contributed by atoms with van der Waals surface area (Å²) >= 11 is 0. The zero-order valence-corrected chi connectivity index (χ0v) is 35.9. The summed E-state index contributed by atoms with van der Waals surface area (Å²) < 4.78 is 91.6. The number of carbonyl (C=O) groups is 2. The van der Waals surface area contributed by atoms with Gasteiger partial charge in [0.1, 0.15) is 30.0 Å². The van der Waals surface area contributed by atoms with Gasteiger partial charge in [-0.3, -0.25) is 4.52 Å². The van der Waals surface area contributed by atoms with E-state index >= 15 is 0 Å². The maximum Gasteiger partial charge on any atom is 0.407 e. The molecule has 2 heterocycles. The Morgan fingerprint density at radius 3 is 2.35 bits per heavy atom. The third-order valence-electron chi connectivity index (χ3n) is 9.46. The number of methoxy groups -OCH3 is 1. The van der Waals surface area contributed by atoms with Gasteiger partial charge in [-0.15, -0.1) is 0 Å². The lowest BCUT2D eigenvalue weighted by Crippen LogP contribution is -2.51. The quantitative estimate of drug-likeness (QED) is 0.0690. The fourth-order valence-electron chi connectivity index (χ4n) is 6.52. The Hall–Kier alpha value is -4.26. The third-order valence-corrected chi connectivity index (χ3v) is 12.8. The molecule has 330 valence electrons. The van der Waals surface area contributed by atoms with Crippen molar-refractivity contribution in [1.29, 1.82) is 0 Å². The number of rotatable bonds is 24. The molecule has 0 spiro atoms. The number of esters is 1. The monoisotopic (exact) mass is 878 g/mol. The second kappa shape index (κ2) is 22.5. The van der Waals surface area contributed by atoms with Crippen LogP contribution in [0.25, 0.3) is 0 Å². The molecule has 2 aliphatic rings. The number of carbonyl (C=O) groups excluding carboxylic acids is 2. The molecule has 19 heteroatoms. The van der Waals surface area contributed by atoms with E-state index in [4.69, 9.17) is 42.2 Å². The van der Waals surface area contributed by atoms with E-state index in [2.05, 4.69) is 5.32 Å². The second-order valence-electron chi connectivity index (χ2n) is 14.5. The van der Waals surface area contributed by atoms with Crippen LogP contribution in [0.3, 0.4) is 0 Å². The summed E-state index contributed by atoms with van der Waals surface area (Å²) in [4.78, 5) is 25.2. The minimum absolute atomic E-state index is 0.000963. The first kappa shape index (κ1) is 46.8. The minimum Gasteiger partial charge on any atom is -0.497 e. The molecule has 3 aromatic rings. The van der Waals surface area contributed by atoms with Crippen LogP contribution in [0.4, 0.5) is 4.79 Å². The van der Waals surface area contributed by atoms with Crippen LogP contribution in [0.2, 0.25) is 0 Å². The summed E-state index contributed by atoms with van der Waals surface area (Å²) in [6.07, 6.45) is -2.78. The predicted octanol–water partition coefficient (Wildman–Crippen LogP) is 5.01. The smallest absolute Gasteiger partial charge is 0.407 e. The maximum absolute atomic E-state index is 13.9. The van der Waals surface area contributed by atoms with Crippen LogP contribution < -0.4 is 19.3 Å². The number of aliphatic hydroxyl groups excluding tert-OH is 1. The molecule has 1 unspecified atom stereocenters. The zero-order valence-electron chi connectivity index (χ0n) is 34.2. The van der Waals surface area contributed by atoms with Gasteiger partial charge >= 0.3 is 19.7 Å². The van der Waals surface area contributed by atoms with E-state index in [0.29, 0.717) is 30.1 Å². The number of sulfonamides is 1. The van der Waals surface area contributed by atoms with Crippen LogP contribution in [-0.2, 0) is 54.0 Å². The molecule has 2 fully saturated rings. The van der Waals surface area contributed by atoms with E-state index in [1.165, 1.54) is 23.5 Å². The lowest BCUT2D eigenvalue weighted by Gasteiger charge is -2.31. The van der Waals surface area contributed by atoms with Crippen molar-refractivity contribution in [1.82, 2.24) is 9.62 Å². The van der Waals surface area contributed by atoms with Gasteiger partial charge in [0.2, 0.25) is 10.0 Å². The number of hydrogen-bond acceptors (Lipinski definition) is 15. The minimum atomic E-state index is -4.06. The standard InChI is InChI=1S/C41H55N2O15PS/c1-5-52-39(45)27-56-59(47,58-33-9-7-6-8-10-33)28-51-21-22-53-32-13-11-30(12-14-32)23-36(42-41(46)57-38-26-55-40-35(38)19-20-54-40)37(44)25-43(24-29(2)3)60(48,49)34-17-15-31(50-4)16-18-34/h6-18,29,35-38,40,44H,5,19-28H2,1-4H3,(H,42,46)/t35-,36-,37+,38-,40+,59?/m0/s1. The highest BCUT2D eigenvalue weighted by molar-refractivity contribution is 7.89. The van der Waals surface area contributed by atoms with Crippen LogP contribution >= 0.6 is 7.60 Å². The van der Waals surface area contributed by atoms with Crippen molar-refractivity contribution >= 4 is 29.7 Å². The van der Waals surface area contributed by atoms with E-state index in [0.717, 1.165) is 0 Å². The zero-order chi connectivity index (χ0) is 43.1. The van der Waals surface area contributed by atoms with Crippen molar-refractivity contribution in [2.75, 3.05) is 66.2 Å². The summed E-state index contributed by atoms with van der Waals surface area (Å²) in [6.45, 7) is 5.47. The predicted molar refractivity (Wildman–Crippen MR) is 217 cm³/mol. The van der Waals surface area contributed by atoms with Crippen LogP contribution in [0, 0.1) is 11.8 Å². The van der Waals surface area contributed by atoms with Crippen molar-refractivity contribution in [3.05, 3.63) is 84.4 Å². The number of alkyl carbamates (subject to hydrolysis) is 1. The number of aliphatic hydroxyl groups is 1. The molecule has 2 aliphatic heterocycles. The molecule has 0 bridgehead atoms. The summed E-state index contributed by atoms with van der Waals surface area (Å²) in [5.41, 5.74) is 0.697. The average Bonchev–Trinajstić information content (AvgIpc) is 3.86. The number of nitrogens with zero attached hydrogens (tertiary/aromatic N) is 1. The first-order valence-corrected chi connectivity index (χ1v) is 22.9. The summed E-state index contributed by atoms with van der Waals surface area (Å²) in [5.74, 6) is 0.359. The fraction of sp³-hybridized carbons (Fsp3) is 0.512. The first-order valence-electron chi connectivity index (χ1n) is 19.7. The van der Waals surface area contributed by atoms with Gasteiger partial charge < -0.3 is 48.1 Å². The number of hydrogen-bond donors (Lipinski definition) is 2. The maximum atomic E-state index is 13.9. The van der Waals surface area contributed by atoms with Crippen molar-refractivity contribution < 1.29 is 69.9 Å². The molecule has 0 saturated carbocycles. The highest BCUT2D eigenvalue weighted by atomic mass is 32.2.